The van der Waals surface area contributed by atoms with Crippen molar-refractivity contribution in [3.8, 4) is 67.5 Å². The molecule has 0 bridgehead atoms. The van der Waals surface area contributed by atoms with Crippen molar-refractivity contribution in [2.24, 2.45) is 0 Å². The number of para-hydroxylation sites is 1. The predicted octanol–water partition coefficient (Wildman–Crippen LogP) is 12.4. The molecule has 0 unspecified atom stereocenters. The summed E-state index contributed by atoms with van der Waals surface area (Å²) in [6, 6.07) is 57.3. The van der Waals surface area contributed by atoms with Gasteiger partial charge >= 0.3 is 0 Å². The van der Waals surface area contributed by atoms with E-state index in [0.29, 0.717) is 17.5 Å². The standard InChI is InChI=1S/C47H27N3O/c1-2-12-28(13-3-1)45-48-46(50-47(49-45)39-27-25-37-31-16-6-5-15-30(31)34-19-10-20-36(39)43(34)37)38-26-24-33(29-14-4-7-17-32(29)38)35-21-11-23-42-44(35)40-18-8-9-22-41(40)51-42/h1-27H. The molecule has 0 radical (unpaired) electrons. The molecule has 1 aliphatic rings. The summed E-state index contributed by atoms with van der Waals surface area (Å²) in [7, 11) is 0. The zero-order valence-electron chi connectivity index (χ0n) is 27.3. The molecule has 2 heterocycles. The first kappa shape index (κ1) is 28.0. The number of aromatic nitrogens is 3. The van der Waals surface area contributed by atoms with Crippen LogP contribution in [0.1, 0.15) is 0 Å². The molecule has 10 aromatic rings. The third-order valence-corrected chi connectivity index (χ3v) is 10.3. The highest BCUT2D eigenvalue weighted by Crippen LogP contribution is 2.49. The molecule has 51 heavy (non-hydrogen) atoms. The molecule has 2 aromatic heterocycles. The van der Waals surface area contributed by atoms with Gasteiger partial charge in [0.25, 0.3) is 0 Å². The van der Waals surface area contributed by atoms with Gasteiger partial charge in [-0.15, -0.1) is 0 Å². The fourth-order valence-electron chi connectivity index (χ4n) is 8.06. The molecule has 4 nitrogen and oxygen atoms in total. The molecule has 0 spiro atoms. The van der Waals surface area contributed by atoms with Crippen LogP contribution in [-0.2, 0) is 0 Å². The molecule has 0 atom stereocenters. The monoisotopic (exact) mass is 649 g/mol. The van der Waals surface area contributed by atoms with Gasteiger partial charge in [-0.2, -0.15) is 0 Å². The second kappa shape index (κ2) is 10.8. The van der Waals surface area contributed by atoms with Gasteiger partial charge in [0.15, 0.2) is 17.5 Å². The van der Waals surface area contributed by atoms with Gasteiger partial charge < -0.3 is 4.42 Å². The van der Waals surface area contributed by atoms with E-state index in [-0.39, 0.29) is 0 Å². The Morgan fingerprint density at radius 3 is 1.51 bits per heavy atom. The lowest BCUT2D eigenvalue weighted by atomic mass is 9.92. The van der Waals surface area contributed by atoms with E-state index in [1.165, 1.54) is 27.6 Å². The summed E-state index contributed by atoms with van der Waals surface area (Å²) in [5.74, 6) is 1.94. The number of benzene rings is 8. The number of rotatable bonds is 4. The molecule has 0 aliphatic heterocycles. The molecule has 0 N–H and O–H groups in total. The zero-order valence-corrected chi connectivity index (χ0v) is 27.3. The van der Waals surface area contributed by atoms with Crippen molar-refractivity contribution in [1.82, 2.24) is 15.0 Å². The molecule has 0 amide bonds. The van der Waals surface area contributed by atoms with Crippen molar-refractivity contribution in [3.63, 3.8) is 0 Å². The SMILES string of the molecule is c1ccc(-c2nc(-c3ccc(-c4cccc5oc6ccccc6c45)c4ccccc34)nc(-c3ccc4c5c(cccc35)-c3ccccc3-4)n2)cc1. The van der Waals surface area contributed by atoms with E-state index in [2.05, 4.69) is 127 Å². The first-order valence-corrected chi connectivity index (χ1v) is 17.2. The van der Waals surface area contributed by atoms with Crippen LogP contribution in [0.25, 0.3) is 111 Å². The van der Waals surface area contributed by atoms with Crippen LogP contribution < -0.4 is 0 Å². The zero-order chi connectivity index (χ0) is 33.5. The van der Waals surface area contributed by atoms with Crippen molar-refractivity contribution >= 4 is 43.5 Å². The molecule has 4 heteroatoms. The van der Waals surface area contributed by atoms with Gasteiger partial charge in [0, 0.05) is 27.5 Å². The third kappa shape index (κ3) is 4.17. The molecule has 1 aliphatic carbocycles. The molecule has 0 saturated carbocycles. The van der Waals surface area contributed by atoms with Crippen LogP contribution in [0.4, 0.5) is 0 Å². The van der Waals surface area contributed by atoms with Crippen LogP contribution in [0.5, 0.6) is 0 Å². The molecular formula is C47H27N3O. The first-order chi connectivity index (χ1) is 25.3. The molecule has 236 valence electrons. The molecule has 11 rings (SSSR count). The normalized spacial score (nSPS) is 11.9. The number of furan rings is 1. The van der Waals surface area contributed by atoms with Gasteiger partial charge in [-0.1, -0.05) is 140 Å². The maximum absolute atomic E-state index is 6.27. The number of fused-ring (bicyclic) bond motifs is 7. The lowest BCUT2D eigenvalue weighted by Crippen LogP contribution is -2.01. The van der Waals surface area contributed by atoms with E-state index in [9.17, 15) is 0 Å². The van der Waals surface area contributed by atoms with E-state index in [0.717, 1.165) is 65.9 Å². The van der Waals surface area contributed by atoms with Gasteiger partial charge in [0.2, 0.25) is 0 Å². The topological polar surface area (TPSA) is 51.8 Å². The maximum Gasteiger partial charge on any atom is 0.164 e. The van der Waals surface area contributed by atoms with Gasteiger partial charge in [0.1, 0.15) is 11.2 Å². The van der Waals surface area contributed by atoms with Crippen molar-refractivity contribution in [3.05, 3.63) is 164 Å². The van der Waals surface area contributed by atoms with E-state index < -0.39 is 0 Å². The van der Waals surface area contributed by atoms with Gasteiger partial charge in [-0.05, 0) is 79.2 Å². The maximum atomic E-state index is 6.27. The van der Waals surface area contributed by atoms with Crippen LogP contribution in [0.15, 0.2) is 168 Å². The summed E-state index contributed by atoms with van der Waals surface area (Å²) in [6.45, 7) is 0. The highest BCUT2D eigenvalue weighted by molar-refractivity contribution is 6.19. The summed E-state index contributed by atoms with van der Waals surface area (Å²) >= 11 is 0. The lowest BCUT2D eigenvalue weighted by Gasteiger charge is -2.14. The van der Waals surface area contributed by atoms with Crippen LogP contribution >= 0.6 is 0 Å². The van der Waals surface area contributed by atoms with Gasteiger partial charge in [0.05, 0.1) is 0 Å². The summed E-state index contributed by atoms with van der Waals surface area (Å²) in [6.07, 6.45) is 0. The van der Waals surface area contributed by atoms with Crippen molar-refractivity contribution in [1.29, 1.82) is 0 Å². The minimum absolute atomic E-state index is 0.639. The predicted molar refractivity (Wildman–Crippen MR) is 208 cm³/mol. The number of hydrogen-bond donors (Lipinski definition) is 0. The second-order valence-electron chi connectivity index (χ2n) is 13.1. The van der Waals surface area contributed by atoms with E-state index in [1.54, 1.807) is 0 Å². The van der Waals surface area contributed by atoms with Crippen molar-refractivity contribution < 1.29 is 4.42 Å². The number of hydrogen-bond acceptors (Lipinski definition) is 4. The third-order valence-electron chi connectivity index (χ3n) is 10.3. The van der Waals surface area contributed by atoms with Gasteiger partial charge in [-0.25, -0.2) is 15.0 Å². The molecular weight excluding hydrogens is 623 g/mol. The Labute approximate surface area is 293 Å². The van der Waals surface area contributed by atoms with Crippen LogP contribution in [0.2, 0.25) is 0 Å². The molecule has 0 fully saturated rings. The summed E-state index contributed by atoms with van der Waals surface area (Å²) in [4.78, 5) is 15.6. The molecule has 8 aromatic carbocycles. The second-order valence-corrected chi connectivity index (χ2v) is 13.1. The van der Waals surface area contributed by atoms with Crippen LogP contribution in [0.3, 0.4) is 0 Å². The fourth-order valence-corrected chi connectivity index (χ4v) is 8.06. The molecule has 0 saturated heterocycles. The Kier molecular flexibility index (Phi) is 5.92. The Bertz CT molecular complexity index is 3000. The Hall–Kier alpha value is -6.91. The van der Waals surface area contributed by atoms with Crippen LogP contribution in [0, 0.1) is 0 Å². The summed E-state index contributed by atoms with van der Waals surface area (Å²) < 4.78 is 6.27. The van der Waals surface area contributed by atoms with E-state index in [1.807, 2.05) is 36.4 Å². The average molecular weight is 650 g/mol. The Morgan fingerprint density at radius 2 is 0.745 bits per heavy atom. The van der Waals surface area contributed by atoms with Crippen molar-refractivity contribution in [2.75, 3.05) is 0 Å². The van der Waals surface area contributed by atoms with Gasteiger partial charge in [-0.3, -0.25) is 0 Å². The smallest absolute Gasteiger partial charge is 0.164 e. The fraction of sp³-hybridized carbons (Fsp3) is 0. The highest BCUT2D eigenvalue weighted by Gasteiger charge is 2.24. The average Bonchev–Trinajstić information content (AvgIpc) is 3.75. The highest BCUT2D eigenvalue weighted by atomic mass is 16.3. The summed E-state index contributed by atoms with van der Waals surface area (Å²) in [5, 5.41) is 6.81. The lowest BCUT2D eigenvalue weighted by molar-refractivity contribution is 0.669. The summed E-state index contributed by atoms with van der Waals surface area (Å²) in [5.41, 5.74) is 12.0. The minimum Gasteiger partial charge on any atom is -0.456 e. The van der Waals surface area contributed by atoms with E-state index in [4.69, 9.17) is 19.4 Å². The Balaban J connectivity index is 1.15. The van der Waals surface area contributed by atoms with Crippen molar-refractivity contribution in [2.45, 2.75) is 0 Å². The van der Waals surface area contributed by atoms with Crippen LogP contribution in [-0.4, -0.2) is 15.0 Å². The quantitative estimate of drug-likeness (QED) is 0.190. The Morgan fingerprint density at radius 1 is 0.275 bits per heavy atom. The minimum atomic E-state index is 0.639. The van der Waals surface area contributed by atoms with E-state index >= 15 is 0 Å². The largest absolute Gasteiger partial charge is 0.456 e. The number of nitrogens with zero attached hydrogens (tertiary/aromatic N) is 3. The first-order valence-electron chi connectivity index (χ1n) is 17.2.